The lowest BCUT2D eigenvalue weighted by molar-refractivity contribution is 0.103. The zero-order valence-corrected chi connectivity index (χ0v) is 17.8. The third-order valence-electron chi connectivity index (χ3n) is 4.26. The first kappa shape index (κ1) is 18.9. The molecule has 0 aliphatic carbocycles. The highest BCUT2D eigenvalue weighted by Crippen LogP contribution is 2.34. The van der Waals surface area contributed by atoms with E-state index in [0.29, 0.717) is 22.0 Å². The molecule has 4 aromatic rings. The average Bonchev–Trinajstić information content (AvgIpc) is 3.30. The summed E-state index contributed by atoms with van der Waals surface area (Å²) in [6, 6.07) is 7.36. The van der Waals surface area contributed by atoms with Crippen LogP contribution < -0.4 is 10.2 Å². The summed E-state index contributed by atoms with van der Waals surface area (Å²) in [6.45, 7) is 3.67. The van der Waals surface area contributed by atoms with E-state index in [0.717, 1.165) is 33.3 Å². The fourth-order valence-corrected chi connectivity index (χ4v) is 4.85. The molecule has 0 saturated heterocycles. The Bertz CT molecular complexity index is 1110. The van der Waals surface area contributed by atoms with Crippen LogP contribution in [0.1, 0.15) is 15.6 Å². The van der Waals surface area contributed by atoms with Gasteiger partial charge in [0.2, 0.25) is 0 Å². The molecule has 1 aromatic carbocycles. The number of benzene rings is 1. The number of rotatable bonds is 6. The molecule has 1 N–H and O–H groups in total. The third kappa shape index (κ3) is 3.87. The summed E-state index contributed by atoms with van der Waals surface area (Å²) in [5.74, 6) is 0.465. The number of likely N-dealkylation sites (N-methyl/N-ethyl adjacent to an activating group) is 2. The topological polar surface area (TPSA) is 74.5 Å². The number of aryl methyl sites for hydroxylation is 1. The van der Waals surface area contributed by atoms with Crippen LogP contribution in [0.2, 0.25) is 0 Å². The molecule has 0 saturated carbocycles. The zero-order valence-electron chi connectivity index (χ0n) is 16.1. The monoisotopic (exact) mass is 415 g/mol. The Morgan fingerprint density at radius 3 is 2.71 bits per heavy atom. The number of nitrogens with one attached hydrogen (secondary N) is 1. The Kier molecular flexibility index (Phi) is 5.05. The summed E-state index contributed by atoms with van der Waals surface area (Å²) in [5.41, 5.74) is 2.14. The van der Waals surface area contributed by atoms with Crippen molar-refractivity contribution in [2.24, 2.45) is 0 Å². The van der Waals surface area contributed by atoms with Gasteiger partial charge in [0.25, 0.3) is 5.91 Å². The number of carbonyl (C=O) groups is 1. The fourth-order valence-electron chi connectivity index (χ4n) is 2.76. The number of fused-ring (bicyclic) bond motifs is 2. The van der Waals surface area contributed by atoms with Gasteiger partial charge in [-0.25, -0.2) is 9.97 Å². The number of amides is 1. The van der Waals surface area contributed by atoms with Crippen LogP contribution in [0.3, 0.4) is 0 Å². The minimum atomic E-state index is -0.141. The maximum Gasteiger partial charge on any atom is 0.265 e. The molecule has 146 valence electrons. The predicted molar refractivity (Wildman–Crippen MR) is 116 cm³/mol. The van der Waals surface area contributed by atoms with Crippen LogP contribution in [0, 0.1) is 6.92 Å². The normalized spacial score (nSPS) is 11.6. The van der Waals surface area contributed by atoms with Crippen molar-refractivity contribution >= 4 is 60.0 Å². The van der Waals surface area contributed by atoms with Gasteiger partial charge in [0.05, 0.1) is 9.58 Å². The first-order chi connectivity index (χ1) is 13.4. The summed E-state index contributed by atoms with van der Waals surface area (Å²) in [4.78, 5) is 27.5. The van der Waals surface area contributed by atoms with Gasteiger partial charge < -0.3 is 19.5 Å². The van der Waals surface area contributed by atoms with Crippen molar-refractivity contribution in [2.75, 3.05) is 44.4 Å². The number of thiophene rings is 1. The third-order valence-corrected chi connectivity index (χ3v) is 6.54. The van der Waals surface area contributed by atoms with Crippen LogP contribution in [0.4, 0.5) is 10.8 Å². The van der Waals surface area contributed by atoms with Crippen LogP contribution >= 0.6 is 22.7 Å². The quantitative estimate of drug-likeness (QED) is 0.512. The molecular weight excluding hydrogens is 394 g/mol. The summed E-state index contributed by atoms with van der Waals surface area (Å²) >= 11 is 3.02. The van der Waals surface area contributed by atoms with E-state index >= 15 is 0 Å². The van der Waals surface area contributed by atoms with Gasteiger partial charge in [0.1, 0.15) is 10.3 Å². The van der Waals surface area contributed by atoms with E-state index in [1.54, 1.807) is 18.3 Å². The van der Waals surface area contributed by atoms with Gasteiger partial charge in [0, 0.05) is 32.7 Å². The van der Waals surface area contributed by atoms with Crippen molar-refractivity contribution in [1.82, 2.24) is 14.9 Å². The summed E-state index contributed by atoms with van der Waals surface area (Å²) in [6.07, 6.45) is 0. The number of carbonyl (C=O) groups excluding carboxylic acids is 1. The Balaban J connectivity index is 1.48. The second kappa shape index (κ2) is 7.50. The molecule has 3 aromatic heterocycles. The molecule has 0 aliphatic heterocycles. The van der Waals surface area contributed by atoms with Crippen LogP contribution in [-0.4, -0.2) is 55.0 Å². The Morgan fingerprint density at radius 1 is 1.14 bits per heavy atom. The highest BCUT2D eigenvalue weighted by molar-refractivity contribution is 7.29. The van der Waals surface area contributed by atoms with Gasteiger partial charge >= 0.3 is 0 Å². The highest BCUT2D eigenvalue weighted by atomic mass is 32.1. The average molecular weight is 416 g/mol. The summed E-state index contributed by atoms with van der Waals surface area (Å²) in [7, 11) is 6.16. The van der Waals surface area contributed by atoms with E-state index in [1.165, 1.54) is 11.3 Å². The van der Waals surface area contributed by atoms with Gasteiger partial charge in [-0.05, 0) is 38.4 Å². The van der Waals surface area contributed by atoms with Crippen molar-refractivity contribution in [2.45, 2.75) is 6.92 Å². The lowest BCUT2D eigenvalue weighted by atomic mass is 10.3. The van der Waals surface area contributed by atoms with Crippen molar-refractivity contribution in [3.8, 4) is 0 Å². The molecule has 9 heteroatoms. The van der Waals surface area contributed by atoms with Crippen molar-refractivity contribution in [3.05, 3.63) is 35.0 Å². The van der Waals surface area contributed by atoms with E-state index in [4.69, 9.17) is 4.42 Å². The molecule has 0 fully saturated rings. The maximum absolute atomic E-state index is 12.6. The van der Waals surface area contributed by atoms with Crippen molar-refractivity contribution in [1.29, 1.82) is 0 Å². The molecule has 1 amide bonds. The number of hydrogen-bond donors (Lipinski definition) is 1. The number of aromatic nitrogens is 2. The Morgan fingerprint density at radius 2 is 1.96 bits per heavy atom. The van der Waals surface area contributed by atoms with Gasteiger partial charge in [-0.3, -0.25) is 4.79 Å². The molecule has 0 radical (unpaired) electrons. The summed E-state index contributed by atoms with van der Waals surface area (Å²) in [5, 5.41) is 3.91. The molecule has 4 rings (SSSR count). The molecule has 7 nitrogen and oxygen atoms in total. The number of oxazole rings is 1. The van der Waals surface area contributed by atoms with Crippen LogP contribution in [0.5, 0.6) is 0 Å². The number of thiazole rings is 1. The van der Waals surface area contributed by atoms with Crippen LogP contribution in [0.25, 0.3) is 20.6 Å². The largest absolute Gasteiger partial charge is 0.441 e. The second-order valence-corrected chi connectivity index (χ2v) is 8.91. The molecule has 0 aliphatic rings. The molecule has 0 unspecified atom stereocenters. The smallest absolute Gasteiger partial charge is 0.265 e. The van der Waals surface area contributed by atoms with Gasteiger partial charge in [0.15, 0.2) is 16.6 Å². The Hall–Kier alpha value is -2.49. The highest BCUT2D eigenvalue weighted by Gasteiger charge is 2.16. The first-order valence-corrected chi connectivity index (χ1v) is 10.5. The fraction of sp³-hybridized carbons (Fsp3) is 0.316. The lowest BCUT2D eigenvalue weighted by Gasteiger charge is -2.18. The number of nitrogens with zero attached hydrogens (tertiary/aromatic N) is 4. The van der Waals surface area contributed by atoms with Gasteiger partial charge in [-0.2, -0.15) is 0 Å². The van der Waals surface area contributed by atoms with Crippen LogP contribution in [-0.2, 0) is 0 Å². The van der Waals surface area contributed by atoms with Crippen molar-refractivity contribution < 1.29 is 9.21 Å². The molecule has 3 heterocycles. The Labute approximate surface area is 170 Å². The van der Waals surface area contributed by atoms with Gasteiger partial charge in [-0.1, -0.05) is 11.3 Å². The molecular formula is C19H21N5O2S2. The first-order valence-electron chi connectivity index (χ1n) is 8.84. The molecule has 0 atom stereocenters. The minimum Gasteiger partial charge on any atom is -0.441 e. The maximum atomic E-state index is 12.6. The SMILES string of the molecule is Cc1nc2cc(NC(=O)c3cc4sc(N(C)CCN(C)C)nc4s3)ccc2o1. The van der Waals surface area contributed by atoms with E-state index in [2.05, 4.69) is 39.2 Å². The predicted octanol–water partition coefficient (Wildman–Crippen LogP) is 4.06. The van der Waals surface area contributed by atoms with Crippen LogP contribution in [0.15, 0.2) is 28.7 Å². The van der Waals surface area contributed by atoms with E-state index in [1.807, 2.05) is 31.3 Å². The summed E-state index contributed by atoms with van der Waals surface area (Å²) < 4.78 is 6.50. The minimum absolute atomic E-state index is 0.141. The molecule has 0 spiro atoms. The number of anilines is 2. The van der Waals surface area contributed by atoms with E-state index in [9.17, 15) is 4.79 Å². The van der Waals surface area contributed by atoms with Gasteiger partial charge in [-0.15, -0.1) is 11.3 Å². The second-order valence-electron chi connectivity index (χ2n) is 6.87. The van der Waals surface area contributed by atoms with E-state index in [-0.39, 0.29) is 5.91 Å². The van der Waals surface area contributed by atoms with E-state index < -0.39 is 0 Å². The molecule has 28 heavy (non-hydrogen) atoms. The molecule has 0 bridgehead atoms. The van der Waals surface area contributed by atoms with Crippen molar-refractivity contribution in [3.63, 3.8) is 0 Å². The lowest BCUT2D eigenvalue weighted by Crippen LogP contribution is -2.28. The number of hydrogen-bond acceptors (Lipinski definition) is 8. The zero-order chi connectivity index (χ0) is 19.8. The standard InChI is InChI=1S/C19H21N5O2S2/c1-11-20-13-9-12(5-6-14(13)26-11)21-17(25)15-10-16-18(27-15)22-19(28-16)24(4)8-7-23(2)3/h5-6,9-10H,7-8H2,1-4H3,(H,21,25).